The maximum atomic E-state index is 11.5. The fourth-order valence-corrected chi connectivity index (χ4v) is 2.09. The lowest BCUT2D eigenvalue weighted by molar-refractivity contribution is 0.0949. The van der Waals surface area contributed by atoms with Crippen LogP contribution in [0.5, 0.6) is 0 Å². The van der Waals surface area contributed by atoms with Gasteiger partial charge in [-0.05, 0) is 28.4 Å². The summed E-state index contributed by atoms with van der Waals surface area (Å²) in [6.45, 7) is 1.33. The molecule has 1 N–H and O–H groups in total. The Kier molecular flexibility index (Phi) is 5.14. The normalized spacial score (nSPS) is 10.1. The summed E-state index contributed by atoms with van der Waals surface area (Å²) in [4.78, 5) is 11.5. The summed E-state index contributed by atoms with van der Waals surface area (Å²) in [7, 11) is 1.65. The molecule has 5 heteroatoms. The topological polar surface area (TPSA) is 38.3 Å². The van der Waals surface area contributed by atoms with E-state index in [1.54, 1.807) is 7.11 Å². The zero-order chi connectivity index (χ0) is 10.4. The molecule has 0 aliphatic rings. The van der Waals surface area contributed by atoms with Gasteiger partial charge in [-0.3, -0.25) is 4.79 Å². The van der Waals surface area contributed by atoms with Crippen molar-refractivity contribution in [1.82, 2.24) is 5.32 Å². The number of thiophene rings is 1. The van der Waals surface area contributed by atoms with E-state index in [-0.39, 0.29) is 5.91 Å². The van der Waals surface area contributed by atoms with Crippen molar-refractivity contribution < 1.29 is 9.53 Å². The maximum absolute atomic E-state index is 11.5. The number of ether oxygens (including phenoxy) is 1. The molecule has 0 saturated carbocycles. The molecule has 0 aliphatic heterocycles. The van der Waals surface area contributed by atoms with Crippen LogP contribution >= 0.6 is 27.3 Å². The lowest BCUT2D eigenvalue weighted by atomic mass is 10.3. The zero-order valence-electron chi connectivity index (χ0n) is 7.88. The van der Waals surface area contributed by atoms with Crippen LogP contribution in [0.4, 0.5) is 0 Å². The molecule has 0 bridgehead atoms. The van der Waals surface area contributed by atoms with E-state index < -0.39 is 0 Å². The van der Waals surface area contributed by atoms with Gasteiger partial charge in [-0.2, -0.15) is 0 Å². The van der Waals surface area contributed by atoms with Crippen LogP contribution in [0.3, 0.4) is 0 Å². The average molecular weight is 278 g/mol. The summed E-state index contributed by atoms with van der Waals surface area (Å²) in [5.41, 5.74) is 0.708. The van der Waals surface area contributed by atoms with Crippen LogP contribution in [-0.2, 0) is 4.74 Å². The van der Waals surface area contributed by atoms with Crippen LogP contribution < -0.4 is 5.32 Å². The van der Waals surface area contributed by atoms with Crippen LogP contribution in [0.25, 0.3) is 0 Å². The maximum Gasteiger partial charge on any atom is 0.252 e. The van der Waals surface area contributed by atoms with Gasteiger partial charge in [0, 0.05) is 25.6 Å². The molecule has 0 aliphatic carbocycles. The van der Waals surface area contributed by atoms with E-state index in [0.29, 0.717) is 18.7 Å². The van der Waals surface area contributed by atoms with Gasteiger partial charge in [0.25, 0.3) is 5.91 Å². The quantitative estimate of drug-likeness (QED) is 0.839. The highest BCUT2D eigenvalue weighted by molar-refractivity contribution is 9.11. The van der Waals surface area contributed by atoms with Gasteiger partial charge >= 0.3 is 0 Å². The zero-order valence-corrected chi connectivity index (χ0v) is 10.3. The van der Waals surface area contributed by atoms with Crippen molar-refractivity contribution in [2.75, 3.05) is 20.3 Å². The molecule has 3 nitrogen and oxygen atoms in total. The number of halogens is 1. The number of carbonyl (C=O) groups excluding carboxylic acids is 1. The van der Waals surface area contributed by atoms with E-state index >= 15 is 0 Å². The van der Waals surface area contributed by atoms with Gasteiger partial charge in [0.05, 0.1) is 9.35 Å². The Morgan fingerprint density at radius 3 is 3.07 bits per heavy atom. The van der Waals surface area contributed by atoms with Gasteiger partial charge in [0.1, 0.15) is 0 Å². The predicted octanol–water partition coefficient (Wildman–Crippen LogP) is 2.28. The minimum Gasteiger partial charge on any atom is -0.385 e. The van der Waals surface area contributed by atoms with Gasteiger partial charge in [0.2, 0.25) is 0 Å². The Balaban J connectivity index is 2.29. The minimum absolute atomic E-state index is 0.0250. The summed E-state index contributed by atoms with van der Waals surface area (Å²) in [6.07, 6.45) is 0.841. The van der Waals surface area contributed by atoms with Crippen molar-refractivity contribution in [3.63, 3.8) is 0 Å². The molecule has 1 aromatic heterocycles. The number of nitrogens with one attached hydrogen (secondary N) is 1. The van der Waals surface area contributed by atoms with Gasteiger partial charge in [-0.15, -0.1) is 11.3 Å². The summed E-state index contributed by atoms with van der Waals surface area (Å²) < 4.78 is 5.85. The fourth-order valence-electron chi connectivity index (χ4n) is 0.950. The molecule has 1 aromatic rings. The van der Waals surface area contributed by atoms with Crippen LogP contribution in [0.1, 0.15) is 16.8 Å². The standard InChI is InChI=1S/C9H12BrNO2S/c1-13-4-2-3-11-9(12)7-5-8(10)14-6-7/h5-6H,2-4H2,1H3,(H,11,12). The van der Waals surface area contributed by atoms with Gasteiger partial charge in [-0.25, -0.2) is 0 Å². The molecular weight excluding hydrogens is 266 g/mol. The third-order valence-corrected chi connectivity index (χ3v) is 3.14. The van der Waals surface area contributed by atoms with Gasteiger partial charge in [-0.1, -0.05) is 0 Å². The highest BCUT2D eigenvalue weighted by Gasteiger charge is 2.06. The number of rotatable bonds is 5. The van der Waals surface area contributed by atoms with Crippen molar-refractivity contribution in [3.05, 3.63) is 20.8 Å². The van der Waals surface area contributed by atoms with E-state index in [9.17, 15) is 4.79 Å². The molecule has 0 saturated heterocycles. The first-order chi connectivity index (χ1) is 6.74. The predicted molar refractivity (Wildman–Crippen MR) is 60.8 cm³/mol. The number of amides is 1. The van der Waals surface area contributed by atoms with Crippen molar-refractivity contribution in [2.45, 2.75) is 6.42 Å². The molecular formula is C9H12BrNO2S. The van der Waals surface area contributed by atoms with Crippen molar-refractivity contribution >= 4 is 33.2 Å². The lowest BCUT2D eigenvalue weighted by Gasteiger charge is -2.02. The van der Waals surface area contributed by atoms with E-state index in [4.69, 9.17) is 4.74 Å². The number of carbonyl (C=O) groups is 1. The Hall–Kier alpha value is -0.390. The second-order valence-electron chi connectivity index (χ2n) is 2.74. The molecule has 0 fully saturated rings. The highest BCUT2D eigenvalue weighted by atomic mass is 79.9. The van der Waals surface area contributed by atoms with E-state index in [0.717, 1.165) is 10.2 Å². The van der Waals surface area contributed by atoms with Crippen LogP contribution in [-0.4, -0.2) is 26.2 Å². The largest absolute Gasteiger partial charge is 0.385 e. The molecule has 0 spiro atoms. The SMILES string of the molecule is COCCCNC(=O)c1csc(Br)c1. The summed E-state index contributed by atoms with van der Waals surface area (Å²) in [5.74, 6) is -0.0250. The molecule has 1 heterocycles. The third-order valence-electron chi connectivity index (χ3n) is 1.64. The highest BCUT2D eigenvalue weighted by Crippen LogP contribution is 2.20. The first kappa shape index (κ1) is 11.7. The third kappa shape index (κ3) is 3.77. The lowest BCUT2D eigenvalue weighted by Crippen LogP contribution is -2.24. The average Bonchev–Trinajstić information content (AvgIpc) is 2.59. The molecule has 78 valence electrons. The van der Waals surface area contributed by atoms with E-state index in [2.05, 4.69) is 21.2 Å². The van der Waals surface area contributed by atoms with Crippen molar-refractivity contribution in [3.8, 4) is 0 Å². The van der Waals surface area contributed by atoms with Crippen LogP contribution in [0, 0.1) is 0 Å². The molecule has 1 amide bonds. The Bertz CT molecular complexity index is 301. The molecule has 1 rings (SSSR count). The summed E-state index contributed by atoms with van der Waals surface area (Å²) in [5, 5.41) is 4.64. The number of hydrogen-bond acceptors (Lipinski definition) is 3. The molecule has 0 unspecified atom stereocenters. The van der Waals surface area contributed by atoms with Crippen molar-refractivity contribution in [1.29, 1.82) is 0 Å². The van der Waals surface area contributed by atoms with Crippen molar-refractivity contribution in [2.24, 2.45) is 0 Å². The summed E-state index contributed by atoms with van der Waals surface area (Å²) >= 11 is 4.82. The summed E-state index contributed by atoms with van der Waals surface area (Å²) in [6, 6.07) is 1.82. The molecule has 0 atom stereocenters. The Morgan fingerprint density at radius 1 is 1.71 bits per heavy atom. The first-order valence-corrected chi connectivity index (χ1v) is 5.92. The molecule has 14 heavy (non-hydrogen) atoms. The number of methoxy groups -OCH3 is 1. The molecule has 0 radical (unpaired) electrons. The molecule has 0 aromatic carbocycles. The fraction of sp³-hybridized carbons (Fsp3) is 0.444. The van der Waals surface area contributed by atoms with Crippen LogP contribution in [0.15, 0.2) is 15.2 Å². The van der Waals surface area contributed by atoms with Gasteiger partial charge in [0.15, 0.2) is 0 Å². The monoisotopic (exact) mass is 277 g/mol. The smallest absolute Gasteiger partial charge is 0.252 e. The van der Waals surface area contributed by atoms with E-state index in [1.165, 1.54) is 11.3 Å². The Morgan fingerprint density at radius 2 is 2.50 bits per heavy atom. The first-order valence-electron chi connectivity index (χ1n) is 4.25. The minimum atomic E-state index is -0.0250. The number of hydrogen-bond donors (Lipinski definition) is 1. The van der Waals surface area contributed by atoms with Gasteiger partial charge < -0.3 is 10.1 Å². The second-order valence-corrected chi connectivity index (χ2v) is 5.03. The van der Waals surface area contributed by atoms with E-state index in [1.807, 2.05) is 11.4 Å². The second kappa shape index (κ2) is 6.16. The van der Waals surface area contributed by atoms with Crippen LogP contribution in [0.2, 0.25) is 0 Å². The Labute approximate surface area is 95.6 Å².